The van der Waals surface area contributed by atoms with Crippen molar-refractivity contribution in [2.24, 2.45) is 0 Å². The number of hydrogen-bond donors (Lipinski definition) is 2. The standard InChI is InChI=1S/C24H27F2N5O3/c1-30(2)12-3-4-13-34-24(33)27-19-7-5-6-17(14-19)16-31-23(32)11-10-22(29-31)28-21-15-18(25)8-9-20(21)26/h5-11,14-15H,3-4,12-13,16H2,1-2H3,(H,27,33)(H,28,29). The van der Waals surface area contributed by atoms with E-state index < -0.39 is 17.7 Å². The third kappa shape index (κ3) is 7.66. The lowest BCUT2D eigenvalue weighted by atomic mass is 10.2. The van der Waals surface area contributed by atoms with Gasteiger partial charge in [-0.15, -0.1) is 0 Å². The molecule has 3 rings (SSSR count). The van der Waals surface area contributed by atoms with E-state index in [0.717, 1.165) is 37.6 Å². The summed E-state index contributed by atoms with van der Waals surface area (Å²) in [4.78, 5) is 26.4. The molecule has 34 heavy (non-hydrogen) atoms. The van der Waals surface area contributed by atoms with Crippen molar-refractivity contribution in [3.8, 4) is 0 Å². The molecule has 0 aliphatic rings. The van der Waals surface area contributed by atoms with Crippen molar-refractivity contribution in [2.75, 3.05) is 37.9 Å². The number of carbonyl (C=O) groups is 1. The number of unbranched alkanes of at least 4 members (excludes halogenated alkanes) is 1. The maximum absolute atomic E-state index is 13.9. The fraction of sp³-hybridized carbons (Fsp3) is 0.292. The van der Waals surface area contributed by atoms with Crippen LogP contribution in [0.1, 0.15) is 18.4 Å². The van der Waals surface area contributed by atoms with Crippen molar-refractivity contribution >= 4 is 23.3 Å². The van der Waals surface area contributed by atoms with Gasteiger partial charge in [0.05, 0.1) is 18.8 Å². The Labute approximate surface area is 196 Å². The Morgan fingerprint density at radius 3 is 2.71 bits per heavy atom. The second-order valence-corrected chi connectivity index (χ2v) is 7.94. The van der Waals surface area contributed by atoms with Gasteiger partial charge in [0.1, 0.15) is 11.6 Å². The van der Waals surface area contributed by atoms with Gasteiger partial charge < -0.3 is 15.0 Å². The molecule has 0 aliphatic carbocycles. The van der Waals surface area contributed by atoms with Crippen LogP contribution in [0.15, 0.2) is 59.4 Å². The molecule has 0 saturated heterocycles. The molecule has 0 atom stereocenters. The first-order valence-corrected chi connectivity index (χ1v) is 10.8. The summed E-state index contributed by atoms with van der Waals surface area (Å²) in [5.74, 6) is -1.07. The van der Waals surface area contributed by atoms with E-state index in [1.807, 2.05) is 14.1 Å². The summed E-state index contributed by atoms with van der Waals surface area (Å²) in [5.41, 5.74) is 0.748. The zero-order chi connectivity index (χ0) is 24.5. The maximum Gasteiger partial charge on any atom is 0.411 e. The number of amides is 1. The summed E-state index contributed by atoms with van der Waals surface area (Å²) in [6, 6.07) is 12.6. The lowest BCUT2D eigenvalue weighted by Crippen LogP contribution is -2.23. The zero-order valence-corrected chi connectivity index (χ0v) is 19.1. The molecule has 10 heteroatoms. The normalized spacial score (nSPS) is 10.9. The molecule has 0 radical (unpaired) electrons. The predicted octanol–water partition coefficient (Wildman–Crippen LogP) is 4.20. The molecule has 1 aromatic heterocycles. The predicted molar refractivity (Wildman–Crippen MR) is 126 cm³/mol. The van der Waals surface area contributed by atoms with Crippen LogP contribution in [-0.2, 0) is 11.3 Å². The monoisotopic (exact) mass is 471 g/mol. The fourth-order valence-electron chi connectivity index (χ4n) is 3.13. The summed E-state index contributed by atoms with van der Waals surface area (Å²) in [5, 5.41) is 9.53. The average molecular weight is 472 g/mol. The molecule has 1 amide bonds. The molecule has 2 aromatic carbocycles. The number of aromatic nitrogens is 2. The van der Waals surface area contributed by atoms with Crippen LogP contribution in [0.4, 0.5) is 30.8 Å². The number of nitrogens with one attached hydrogen (secondary N) is 2. The van der Waals surface area contributed by atoms with Crippen molar-refractivity contribution in [2.45, 2.75) is 19.4 Å². The highest BCUT2D eigenvalue weighted by molar-refractivity contribution is 5.84. The van der Waals surface area contributed by atoms with Crippen molar-refractivity contribution in [3.63, 3.8) is 0 Å². The Morgan fingerprint density at radius 1 is 1.09 bits per heavy atom. The van der Waals surface area contributed by atoms with E-state index in [9.17, 15) is 18.4 Å². The summed E-state index contributed by atoms with van der Waals surface area (Å²) in [7, 11) is 3.97. The average Bonchev–Trinajstić information content (AvgIpc) is 2.78. The van der Waals surface area contributed by atoms with Gasteiger partial charge in [0.15, 0.2) is 5.82 Å². The van der Waals surface area contributed by atoms with Gasteiger partial charge in [-0.2, -0.15) is 5.10 Å². The van der Waals surface area contributed by atoms with Gasteiger partial charge >= 0.3 is 6.09 Å². The highest BCUT2D eigenvalue weighted by atomic mass is 19.1. The quantitative estimate of drug-likeness (QED) is 0.431. The highest BCUT2D eigenvalue weighted by Crippen LogP contribution is 2.19. The SMILES string of the molecule is CN(C)CCCCOC(=O)Nc1cccc(Cn2nc(Nc3cc(F)ccc3F)ccc2=O)c1. The molecule has 0 bridgehead atoms. The van der Waals surface area contributed by atoms with Crippen LogP contribution in [0.25, 0.3) is 0 Å². The third-order valence-corrected chi connectivity index (χ3v) is 4.80. The van der Waals surface area contributed by atoms with Crippen LogP contribution in [-0.4, -0.2) is 48.0 Å². The van der Waals surface area contributed by atoms with Crippen molar-refractivity contribution < 1.29 is 18.3 Å². The first-order valence-electron chi connectivity index (χ1n) is 10.8. The number of ether oxygens (including phenoxy) is 1. The van der Waals surface area contributed by atoms with E-state index in [0.29, 0.717) is 17.9 Å². The molecule has 8 nitrogen and oxygen atoms in total. The summed E-state index contributed by atoms with van der Waals surface area (Å²) < 4.78 is 33.7. The molecule has 180 valence electrons. The van der Waals surface area contributed by atoms with Crippen LogP contribution in [0.2, 0.25) is 0 Å². The van der Waals surface area contributed by atoms with Gasteiger partial charge in [-0.05, 0) is 69.4 Å². The van der Waals surface area contributed by atoms with Crippen LogP contribution in [0, 0.1) is 11.6 Å². The van der Waals surface area contributed by atoms with Gasteiger partial charge in [-0.3, -0.25) is 10.1 Å². The number of carbonyl (C=O) groups excluding carboxylic acids is 1. The molecule has 1 heterocycles. The third-order valence-electron chi connectivity index (χ3n) is 4.80. The van der Waals surface area contributed by atoms with E-state index >= 15 is 0 Å². The van der Waals surface area contributed by atoms with Gasteiger partial charge in [0, 0.05) is 17.8 Å². The van der Waals surface area contributed by atoms with Crippen LogP contribution >= 0.6 is 0 Å². The van der Waals surface area contributed by atoms with E-state index in [1.165, 1.54) is 16.8 Å². The minimum atomic E-state index is -0.649. The largest absolute Gasteiger partial charge is 0.449 e. The van der Waals surface area contributed by atoms with Gasteiger partial charge in [-0.25, -0.2) is 18.3 Å². The Hall–Kier alpha value is -3.79. The minimum absolute atomic E-state index is 0.0934. The van der Waals surface area contributed by atoms with Crippen molar-refractivity contribution in [3.05, 3.63) is 82.1 Å². The van der Waals surface area contributed by atoms with Crippen LogP contribution in [0.5, 0.6) is 0 Å². The Kier molecular flexibility index (Phi) is 8.69. The van der Waals surface area contributed by atoms with Gasteiger partial charge in [-0.1, -0.05) is 12.1 Å². The number of halogens is 2. The number of anilines is 3. The second kappa shape index (κ2) is 11.9. The Morgan fingerprint density at radius 2 is 1.91 bits per heavy atom. The molecule has 0 unspecified atom stereocenters. The Bertz CT molecular complexity index is 1180. The topological polar surface area (TPSA) is 88.5 Å². The van der Waals surface area contributed by atoms with Crippen molar-refractivity contribution in [1.29, 1.82) is 0 Å². The number of rotatable bonds is 10. The number of nitrogens with zero attached hydrogens (tertiary/aromatic N) is 3. The lowest BCUT2D eigenvalue weighted by molar-refractivity contribution is 0.158. The molecule has 0 fully saturated rings. The molecule has 3 aromatic rings. The molecule has 2 N–H and O–H groups in total. The van der Waals surface area contributed by atoms with E-state index in [1.54, 1.807) is 24.3 Å². The molecule has 0 spiro atoms. The summed E-state index contributed by atoms with van der Waals surface area (Å²) in [6.07, 6.45) is 1.14. The van der Waals surface area contributed by atoms with Gasteiger partial charge in [0.2, 0.25) is 0 Å². The number of benzene rings is 2. The highest BCUT2D eigenvalue weighted by Gasteiger charge is 2.09. The fourth-order valence-corrected chi connectivity index (χ4v) is 3.13. The summed E-state index contributed by atoms with van der Waals surface area (Å²) >= 11 is 0. The number of hydrogen-bond acceptors (Lipinski definition) is 6. The first kappa shape index (κ1) is 24.8. The van der Waals surface area contributed by atoms with Crippen LogP contribution < -0.4 is 16.2 Å². The Balaban J connectivity index is 1.62. The zero-order valence-electron chi connectivity index (χ0n) is 19.1. The first-order chi connectivity index (χ1) is 16.3. The minimum Gasteiger partial charge on any atom is -0.449 e. The van der Waals surface area contributed by atoms with E-state index in [-0.39, 0.29) is 23.6 Å². The molecule has 0 aliphatic heterocycles. The van der Waals surface area contributed by atoms with Crippen molar-refractivity contribution in [1.82, 2.24) is 14.7 Å². The molecular weight excluding hydrogens is 444 g/mol. The smallest absolute Gasteiger partial charge is 0.411 e. The second-order valence-electron chi connectivity index (χ2n) is 7.94. The summed E-state index contributed by atoms with van der Waals surface area (Å²) in [6.45, 7) is 1.35. The molecular formula is C24H27F2N5O3. The maximum atomic E-state index is 13.9. The van der Waals surface area contributed by atoms with E-state index in [4.69, 9.17) is 4.74 Å². The molecule has 0 saturated carbocycles. The van der Waals surface area contributed by atoms with Crippen LogP contribution in [0.3, 0.4) is 0 Å². The lowest BCUT2D eigenvalue weighted by Gasteiger charge is -2.11. The van der Waals surface area contributed by atoms with Gasteiger partial charge in [0.25, 0.3) is 5.56 Å². The van der Waals surface area contributed by atoms with E-state index in [2.05, 4.69) is 20.6 Å².